The fourth-order valence-corrected chi connectivity index (χ4v) is 3.02. The van der Waals surface area contributed by atoms with Gasteiger partial charge in [0.05, 0.1) is 12.1 Å². The molecule has 0 amide bonds. The molecule has 0 aromatic heterocycles. The van der Waals surface area contributed by atoms with Crippen LogP contribution in [0.3, 0.4) is 0 Å². The summed E-state index contributed by atoms with van der Waals surface area (Å²) in [6.45, 7) is 2.73. The quantitative estimate of drug-likeness (QED) is 0.890. The second-order valence-corrected chi connectivity index (χ2v) is 5.60. The Kier molecular flexibility index (Phi) is 4.90. The molecule has 0 saturated heterocycles. The maximum absolute atomic E-state index is 5.92. The molecule has 0 bridgehead atoms. The third kappa shape index (κ3) is 2.99. The van der Waals surface area contributed by atoms with Crippen LogP contribution in [-0.4, -0.2) is 32.0 Å². The fourth-order valence-electron chi connectivity index (χ4n) is 2.22. The second kappa shape index (κ2) is 6.24. The van der Waals surface area contributed by atoms with Gasteiger partial charge in [-0.1, -0.05) is 11.6 Å². The lowest BCUT2D eigenvalue weighted by atomic mass is 9.85. The Morgan fingerprint density at radius 3 is 2.89 bits per heavy atom. The summed E-state index contributed by atoms with van der Waals surface area (Å²) in [7, 11) is 1.72. The smallest absolute Gasteiger partial charge is 0.103 e. The summed E-state index contributed by atoms with van der Waals surface area (Å²) in [6, 6.07) is 6.00. The van der Waals surface area contributed by atoms with E-state index in [2.05, 4.69) is 21.2 Å². The van der Waals surface area contributed by atoms with Crippen LogP contribution in [-0.2, 0) is 9.47 Å². The van der Waals surface area contributed by atoms with E-state index in [0.29, 0.717) is 0 Å². The van der Waals surface area contributed by atoms with Crippen molar-refractivity contribution >= 4 is 33.2 Å². The van der Waals surface area contributed by atoms with Gasteiger partial charge in [0.2, 0.25) is 0 Å². The molecule has 1 aromatic carbocycles. The molecule has 3 nitrogen and oxygen atoms in total. The molecule has 0 aliphatic heterocycles. The Bertz CT molecular complexity index is 416. The molecule has 2 rings (SSSR count). The first-order valence-electron chi connectivity index (χ1n) is 6.01. The number of hydrogen-bond donors (Lipinski definition) is 1. The van der Waals surface area contributed by atoms with Crippen LogP contribution in [0, 0.1) is 0 Å². The molecule has 1 saturated carbocycles. The number of ether oxygens (including phenoxy) is 2. The summed E-state index contributed by atoms with van der Waals surface area (Å²) in [5, 5.41) is 4.17. The van der Waals surface area contributed by atoms with Gasteiger partial charge in [0.15, 0.2) is 0 Å². The third-order valence-corrected chi connectivity index (χ3v) is 4.07. The van der Waals surface area contributed by atoms with Gasteiger partial charge in [-0.05, 0) is 47.5 Å². The van der Waals surface area contributed by atoms with Crippen molar-refractivity contribution in [2.24, 2.45) is 0 Å². The summed E-state index contributed by atoms with van der Waals surface area (Å²) in [5.41, 5.74) is 1.03. The van der Waals surface area contributed by atoms with Gasteiger partial charge >= 0.3 is 0 Å². The van der Waals surface area contributed by atoms with E-state index in [-0.39, 0.29) is 18.2 Å². The van der Waals surface area contributed by atoms with E-state index in [4.69, 9.17) is 21.1 Å². The van der Waals surface area contributed by atoms with Crippen molar-refractivity contribution < 1.29 is 9.47 Å². The molecule has 5 heteroatoms. The van der Waals surface area contributed by atoms with E-state index >= 15 is 0 Å². The van der Waals surface area contributed by atoms with Gasteiger partial charge in [-0.15, -0.1) is 0 Å². The number of methoxy groups -OCH3 is 1. The largest absolute Gasteiger partial charge is 0.379 e. The van der Waals surface area contributed by atoms with Gasteiger partial charge in [0, 0.05) is 28.9 Å². The van der Waals surface area contributed by atoms with E-state index in [9.17, 15) is 0 Å². The predicted octanol–water partition coefficient (Wildman–Crippen LogP) is 3.71. The highest BCUT2D eigenvalue weighted by molar-refractivity contribution is 9.10. The lowest BCUT2D eigenvalue weighted by Crippen LogP contribution is -2.56. The maximum Gasteiger partial charge on any atom is 0.103 e. The van der Waals surface area contributed by atoms with E-state index in [0.717, 1.165) is 28.2 Å². The average Bonchev–Trinajstić information content (AvgIpc) is 2.31. The summed E-state index contributed by atoms with van der Waals surface area (Å²) in [4.78, 5) is 0. The zero-order valence-electron chi connectivity index (χ0n) is 10.5. The molecule has 1 fully saturated rings. The molecule has 1 aromatic rings. The third-order valence-electron chi connectivity index (χ3n) is 3.17. The van der Waals surface area contributed by atoms with Crippen molar-refractivity contribution in [3.63, 3.8) is 0 Å². The minimum atomic E-state index is 0.104. The standard InChI is InChI=1S/C13H17BrClNO2/c1-3-18-12-7-11(13(12)17-2)16-10-5-4-8(15)6-9(10)14/h4-6,11-13,16H,3,7H2,1-2H3. The highest BCUT2D eigenvalue weighted by Crippen LogP contribution is 2.33. The van der Waals surface area contributed by atoms with Crippen LogP contribution < -0.4 is 5.32 Å². The molecule has 1 aliphatic carbocycles. The van der Waals surface area contributed by atoms with Crippen molar-refractivity contribution in [1.82, 2.24) is 0 Å². The van der Waals surface area contributed by atoms with Crippen LogP contribution in [0.4, 0.5) is 5.69 Å². The Morgan fingerprint density at radius 2 is 2.28 bits per heavy atom. The minimum Gasteiger partial charge on any atom is -0.379 e. The topological polar surface area (TPSA) is 30.5 Å². The Labute approximate surface area is 121 Å². The number of rotatable bonds is 5. The first-order chi connectivity index (χ1) is 8.65. The number of anilines is 1. The minimum absolute atomic E-state index is 0.104. The van der Waals surface area contributed by atoms with Crippen LogP contribution in [0.1, 0.15) is 13.3 Å². The molecule has 3 atom stereocenters. The number of halogens is 2. The lowest BCUT2D eigenvalue weighted by molar-refractivity contribution is -0.118. The molecular formula is C13H17BrClNO2. The SMILES string of the molecule is CCOC1CC(Nc2ccc(Cl)cc2Br)C1OC. The number of hydrogen-bond acceptors (Lipinski definition) is 3. The van der Waals surface area contributed by atoms with Crippen molar-refractivity contribution in [2.75, 3.05) is 19.0 Å². The molecule has 0 spiro atoms. The van der Waals surface area contributed by atoms with Gasteiger partial charge in [0.1, 0.15) is 6.10 Å². The molecule has 0 radical (unpaired) electrons. The van der Waals surface area contributed by atoms with Crippen molar-refractivity contribution in [3.8, 4) is 0 Å². The number of benzene rings is 1. The van der Waals surface area contributed by atoms with E-state index in [1.165, 1.54) is 0 Å². The molecule has 100 valence electrons. The summed E-state index contributed by atoms with van der Waals surface area (Å²) >= 11 is 9.42. The van der Waals surface area contributed by atoms with E-state index in [1.54, 1.807) is 7.11 Å². The first kappa shape index (κ1) is 14.1. The van der Waals surface area contributed by atoms with Gasteiger partial charge in [0.25, 0.3) is 0 Å². The highest BCUT2D eigenvalue weighted by Gasteiger charge is 2.42. The molecular weight excluding hydrogens is 318 g/mol. The van der Waals surface area contributed by atoms with Crippen LogP contribution in [0.15, 0.2) is 22.7 Å². The van der Waals surface area contributed by atoms with Gasteiger partial charge in [-0.2, -0.15) is 0 Å². The van der Waals surface area contributed by atoms with Crippen LogP contribution in [0.25, 0.3) is 0 Å². The first-order valence-corrected chi connectivity index (χ1v) is 7.18. The normalized spacial score (nSPS) is 26.8. The van der Waals surface area contributed by atoms with Crippen molar-refractivity contribution in [1.29, 1.82) is 0 Å². The molecule has 0 heterocycles. The summed E-state index contributed by atoms with van der Waals surface area (Å²) < 4.78 is 12.0. The van der Waals surface area contributed by atoms with Crippen LogP contribution >= 0.6 is 27.5 Å². The van der Waals surface area contributed by atoms with Gasteiger partial charge < -0.3 is 14.8 Å². The maximum atomic E-state index is 5.92. The molecule has 1 aliphatic rings. The summed E-state index contributed by atoms with van der Waals surface area (Å²) in [6.07, 6.45) is 1.26. The molecule has 18 heavy (non-hydrogen) atoms. The highest BCUT2D eigenvalue weighted by atomic mass is 79.9. The van der Waals surface area contributed by atoms with Gasteiger partial charge in [-0.25, -0.2) is 0 Å². The van der Waals surface area contributed by atoms with Crippen LogP contribution in [0.5, 0.6) is 0 Å². The average molecular weight is 335 g/mol. The predicted molar refractivity (Wildman–Crippen MR) is 77.4 cm³/mol. The zero-order chi connectivity index (χ0) is 13.1. The fraction of sp³-hybridized carbons (Fsp3) is 0.538. The Balaban J connectivity index is 1.98. The molecule has 1 N–H and O–H groups in total. The number of nitrogens with one attached hydrogen (secondary N) is 1. The van der Waals surface area contributed by atoms with E-state index < -0.39 is 0 Å². The van der Waals surface area contributed by atoms with Crippen molar-refractivity contribution in [3.05, 3.63) is 27.7 Å². The van der Waals surface area contributed by atoms with Gasteiger partial charge in [-0.3, -0.25) is 0 Å². The summed E-state index contributed by atoms with van der Waals surface area (Å²) in [5.74, 6) is 0. The molecule has 3 unspecified atom stereocenters. The second-order valence-electron chi connectivity index (χ2n) is 4.30. The van der Waals surface area contributed by atoms with Crippen molar-refractivity contribution in [2.45, 2.75) is 31.6 Å². The zero-order valence-corrected chi connectivity index (χ0v) is 12.8. The lowest BCUT2D eigenvalue weighted by Gasteiger charge is -2.43. The Hall–Kier alpha value is -0.290. The van der Waals surface area contributed by atoms with Crippen LogP contribution in [0.2, 0.25) is 5.02 Å². The Morgan fingerprint density at radius 1 is 1.50 bits per heavy atom. The van der Waals surface area contributed by atoms with E-state index in [1.807, 2.05) is 25.1 Å². The monoisotopic (exact) mass is 333 g/mol.